The number of aryl methyl sites for hydroxylation is 1. The predicted molar refractivity (Wildman–Crippen MR) is 138 cm³/mol. The quantitative estimate of drug-likeness (QED) is 0.157. The summed E-state index contributed by atoms with van der Waals surface area (Å²) < 4.78 is 35.5. The Balaban J connectivity index is 0.00000578. The molecule has 0 saturated heterocycles. The third kappa shape index (κ3) is 12.1. The van der Waals surface area contributed by atoms with Crippen molar-refractivity contribution in [3.8, 4) is 11.1 Å². The van der Waals surface area contributed by atoms with E-state index in [1.54, 1.807) is 6.07 Å². The molecular weight excluding hydrogens is 435 g/mol. The average Bonchev–Trinajstić information content (AvgIpc) is 2.81. The van der Waals surface area contributed by atoms with E-state index in [2.05, 4.69) is 6.92 Å². The fraction of sp³-hybridized carbons (Fsp3) is 0.586. The van der Waals surface area contributed by atoms with E-state index < -0.39 is 10.1 Å². The Bertz CT molecular complexity index is 882. The van der Waals surface area contributed by atoms with Gasteiger partial charge in [-0.2, -0.15) is 0 Å². The zero-order valence-corrected chi connectivity index (χ0v) is 22.4. The van der Waals surface area contributed by atoms with Crippen LogP contribution in [0.4, 0.5) is 0 Å². The third-order valence-corrected chi connectivity index (χ3v) is 7.37. The van der Waals surface area contributed by atoms with Crippen LogP contribution in [0, 0.1) is 0 Å². The van der Waals surface area contributed by atoms with Crippen LogP contribution in [0.2, 0.25) is 0 Å². The molecule has 0 heterocycles. The number of hydrogen-bond acceptors (Lipinski definition) is 3. The van der Waals surface area contributed by atoms with E-state index in [9.17, 15) is 13.0 Å². The van der Waals surface area contributed by atoms with Gasteiger partial charge in [0.05, 0.1) is 4.90 Å². The minimum absolute atomic E-state index is 0. The van der Waals surface area contributed by atoms with Crippen LogP contribution in [0.25, 0.3) is 11.1 Å². The second kappa shape index (κ2) is 18.2. The van der Waals surface area contributed by atoms with Gasteiger partial charge in [-0.3, -0.25) is 0 Å². The predicted octanol–water partition coefficient (Wildman–Crippen LogP) is 5.68. The van der Waals surface area contributed by atoms with E-state index in [-0.39, 0.29) is 23.8 Å². The van der Waals surface area contributed by atoms with Gasteiger partial charge in [0, 0.05) is 5.56 Å². The smallest absolute Gasteiger partial charge is 0.744 e. The van der Waals surface area contributed by atoms with Crippen molar-refractivity contribution in [1.29, 1.82) is 0 Å². The van der Waals surface area contributed by atoms with Crippen molar-refractivity contribution < 1.29 is 31.8 Å². The second-order valence-corrected chi connectivity index (χ2v) is 10.7. The maximum atomic E-state index is 11.8. The van der Waals surface area contributed by atoms with Crippen molar-refractivity contribution in [2.24, 2.45) is 0 Å². The maximum absolute atomic E-state index is 11.8. The van der Waals surface area contributed by atoms with Crippen LogP contribution in [0.5, 0.6) is 0 Å². The van der Waals surface area contributed by atoms with Crippen molar-refractivity contribution >= 4 is 10.1 Å². The minimum Gasteiger partial charge on any atom is -0.744 e. The topological polar surface area (TPSA) is 57.2 Å². The first-order valence-electron chi connectivity index (χ1n) is 13.2. The van der Waals surface area contributed by atoms with E-state index in [1.165, 1.54) is 89.5 Å². The summed E-state index contributed by atoms with van der Waals surface area (Å²) in [6, 6.07) is 14.5. The number of benzene rings is 2. The molecule has 3 nitrogen and oxygen atoms in total. The normalized spacial score (nSPS) is 11.4. The van der Waals surface area contributed by atoms with Crippen molar-refractivity contribution in [3.05, 3.63) is 54.1 Å². The van der Waals surface area contributed by atoms with E-state index in [0.717, 1.165) is 30.4 Å². The van der Waals surface area contributed by atoms with Gasteiger partial charge in [0.2, 0.25) is 0 Å². The van der Waals surface area contributed by atoms with E-state index in [1.807, 2.05) is 36.4 Å². The van der Waals surface area contributed by atoms with Gasteiger partial charge in [0.25, 0.3) is 0 Å². The molecule has 184 valence electrons. The summed E-state index contributed by atoms with van der Waals surface area (Å²) in [5.74, 6) is 0. The van der Waals surface area contributed by atoms with Crippen molar-refractivity contribution in [2.75, 3.05) is 0 Å². The molecule has 5 heteroatoms. The first-order valence-corrected chi connectivity index (χ1v) is 14.6. The monoisotopic (exact) mass is 478 g/mol. The molecule has 0 amide bonds. The molecule has 0 bridgehead atoms. The Labute approximate surface area is 221 Å². The Morgan fingerprint density at radius 3 is 1.56 bits per heavy atom. The Kier molecular flexibility index (Phi) is 16.6. The van der Waals surface area contributed by atoms with Gasteiger partial charge in [0.15, 0.2) is 0 Å². The summed E-state index contributed by atoms with van der Waals surface area (Å²) in [6.07, 6.45) is 20.6. The summed E-state index contributed by atoms with van der Waals surface area (Å²) in [5, 5.41) is 0. The maximum Gasteiger partial charge on any atom is 1.00 e. The molecule has 0 atom stereocenters. The largest absolute Gasteiger partial charge is 1.00 e. The van der Waals surface area contributed by atoms with Crippen LogP contribution in [0.1, 0.15) is 109 Å². The molecule has 0 aromatic heterocycles. The van der Waals surface area contributed by atoms with E-state index in [0.29, 0.717) is 5.56 Å². The van der Waals surface area contributed by atoms with Crippen LogP contribution in [-0.4, -0.2) is 13.0 Å². The summed E-state index contributed by atoms with van der Waals surface area (Å²) in [6.45, 7) is 2.27. The molecule has 0 unspecified atom stereocenters. The van der Waals surface area contributed by atoms with Gasteiger partial charge in [-0.25, -0.2) is 8.42 Å². The zero-order chi connectivity index (χ0) is 23.8. The van der Waals surface area contributed by atoms with Gasteiger partial charge >= 0.3 is 18.9 Å². The van der Waals surface area contributed by atoms with E-state index >= 15 is 0 Å². The standard InChI is InChI=1S/C29H44O3S.Li/c1-2-3-4-5-6-7-8-9-10-11-12-13-14-15-17-21-27-24-20-25-28(33(30,31)32)29(27)26-22-18-16-19-23-26;/h16,18-20,22-25H,2-15,17,21H2,1H3,(H,30,31,32);/q;+1/p-1. The van der Waals surface area contributed by atoms with Crippen LogP contribution in [-0.2, 0) is 16.5 Å². The molecule has 0 aliphatic heterocycles. The molecule has 34 heavy (non-hydrogen) atoms. The van der Waals surface area contributed by atoms with Crippen molar-refractivity contribution in [2.45, 2.75) is 115 Å². The molecule has 0 spiro atoms. The molecular formula is C29H43LiO3S. The molecule has 0 saturated carbocycles. The molecule has 2 aromatic carbocycles. The Morgan fingerprint density at radius 2 is 1.09 bits per heavy atom. The number of rotatable bonds is 18. The molecule has 0 radical (unpaired) electrons. The first kappa shape index (κ1) is 31.0. The van der Waals surface area contributed by atoms with E-state index in [4.69, 9.17) is 0 Å². The average molecular weight is 479 g/mol. The van der Waals surface area contributed by atoms with Gasteiger partial charge in [-0.15, -0.1) is 0 Å². The number of unbranched alkanes of at least 4 members (excludes halogenated alkanes) is 14. The summed E-state index contributed by atoms with van der Waals surface area (Å²) in [7, 11) is -4.51. The molecule has 2 aromatic rings. The molecule has 0 N–H and O–H groups in total. The third-order valence-electron chi connectivity index (χ3n) is 6.49. The fourth-order valence-corrected chi connectivity index (χ4v) is 5.36. The van der Waals surface area contributed by atoms with Crippen LogP contribution in [0.3, 0.4) is 0 Å². The van der Waals surface area contributed by atoms with Gasteiger partial charge in [-0.1, -0.05) is 139 Å². The molecule has 2 rings (SSSR count). The summed E-state index contributed by atoms with van der Waals surface area (Å²) in [5.41, 5.74) is 2.33. The van der Waals surface area contributed by atoms with Gasteiger partial charge in [-0.05, 0) is 30.0 Å². The molecule has 0 aliphatic rings. The van der Waals surface area contributed by atoms with Crippen LogP contribution >= 0.6 is 0 Å². The zero-order valence-electron chi connectivity index (χ0n) is 21.6. The van der Waals surface area contributed by atoms with Crippen LogP contribution < -0.4 is 18.9 Å². The molecule has 0 fully saturated rings. The summed E-state index contributed by atoms with van der Waals surface area (Å²) >= 11 is 0. The Hall–Kier alpha value is -1.05. The van der Waals surface area contributed by atoms with Crippen molar-refractivity contribution in [1.82, 2.24) is 0 Å². The fourth-order valence-electron chi connectivity index (χ4n) is 4.61. The first-order chi connectivity index (χ1) is 16.0. The van der Waals surface area contributed by atoms with Gasteiger partial charge < -0.3 is 4.55 Å². The molecule has 0 aliphatic carbocycles. The Morgan fingerprint density at radius 1 is 0.618 bits per heavy atom. The van der Waals surface area contributed by atoms with Crippen LogP contribution in [0.15, 0.2) is 53.4 Å². The number of hydrogen-bond donors (Lipinski definition) is 0. The SMILES string of the molecule is CCCCCCCCCCCCCCCCCc1cccc(S(=O)(=O)[O-])c1-c1ccccc1.[Li+]. The second-order valence-electron chi connectivity index (χ2n) is 9.31. The minimum atomic E-state index is -4.51. The van der Waals surface area contributed by atoms with Crippen molar-refractivity contribution in [3.63, 3.8) is 0 Å². The summed E-state index contributed by atoms with van der Waals surface area (Å²) in [4.78, 5) is -0.104. The van der Waals surface area contributed by atoms with Gasteiger partial charge in [0.1, 0.15) is 10.1 Å².